The van der Waals surface area contributed by atoms with Gasteiger partial charge in [0.05, 0.1) is 12.5 Å². The Bertz CT molecular complexity index is 380. The average molecular weight is 267 g/mol. The van der Waals surface area contributed by atoms with Gasteiger partial charge >= 0.3 is 5.97 Å². The minimum Gasteiger partial charge on any atom is -0.481 e. The van der Waals surface area contributed by atoms with Crippen molar-refractivity contribution in [3.63, 3.8) is 0 Å². The molecule has 0 aromatic heterocycles. The number of amides is 1. The second-order valence-electron chi connectivity index (χ2n) is 6.30. The molecule has 0 aromatic carbocycles. The van der Waals surface area contributed by atoms with Crippen LogP contribution in [0.2, 0.25) is 0 Å². The summed E-state index contributed by atoms with van der Waals surface area (Å²) in [6, 6.07) is 0.173. The molecule has 3 saturated carbocycles. The van der Waals surface area contributed by atoms with Gasteiger partial charge in [0.2, 0.25) is 5.91 Å². The highest BCUT2D eigenvalue weighted by atomic mass is 16.5. The lowest BCUT2D eigenvalue weighted by Gasteiger charge is -2.40. The van der Waals surface area contributed by atoms with E-state index >= 15 is 0 Å². The number of ether oxygens (including phenoxy) is 1. The molecule has 5 heteroatoms. The summed E-state index contributed by atoms with van der Waals surface area (Å²) in [6.45, 7) is 0.845. The Morgan fingerprint density at radius 3 is 2.68 bits per heavy atom. The van der Waals surface area contributed by atoms with Crippen LogP contribution in [0.3, 0.4) is 0 Å². The van der Waals surface area contributed by atoms with E-state index in [1.165, 1.54) is 12.8 Å². The quantitative estimate of drug-likeness (QED) is 0.753. The van der Waals surface area contributed by atoms with Gasteiger partial charge in [-0.1, -0.05) is 0 Å². The topological polar surface area (TPSA) is 75.6 Å². The van der Waals surface area contributed by atoms with Crippen LogP contribution in [0.15, 0.2) is 0 Å². The van der Waals surface area contributed by atoms with E-state index in [1.54, 1.807) is 0 Å². The van der Waals surface area contributed by atoms with Gasteiger partial charge in [0.15, 0.2) is 0 Å². The fraction of sp³-hybridized carbons (Fsp3) is 0.857. The number of carbonyl (C=O) groups excluding carboxylic acids is 1. The first kappa shape index (κ1) is 12.9. The summed E-state index contributed by atoms with van der Waals surface area (Å²) in [5.74, 6) is 0.595. The van der Waals surface area contributed by atoms with E-state index in [2.05, 4.69) is 5.32 Å². The summed E-state index contributed by atoms with van der Waals surface area (Å²) in [5, 5.41) is 12.0. The van der Waals surface area contributed by atoms with Crippen LogP contribution in [0.1, 0.15) is 32.1 Å². The third-order valence-corrected chi connectivity index (χ3v) is 4.80. The molecule has 19 heavy (non-hydrogen) atoms. The fourth-order valence-electron chi connectivity index (χ4n) is 3.45. The molecule has 3 rings (SSSR count). The maximum atomic E-state index is 11.7. The molecule has 0 radical (unpaired) electrons. The van der Waals surface area contributed by atoms with Crippen LogP contribution < -0.4 is 5.32 Å². The van der Waals surface area contributed by atoms with Crippen molar-refractivity contribution in [1.29, 1.82) is 0 Å². The van der Waals surface area contributed by atoms with Crippen molar-refractivity contribution in [2.75, 3.05) is 13.2 Å². The van der Waals surface area contributed by atoms with E-state index in [9.17, 15) is 9.59 Å². The lowest BCUT2D eigenvalue weighted by molar-refractivity contribution is -0.141. The van der Waals surface area contributed by atoms with E-state index in [0.29, 0.717) is 30.8 Å². The normalized spacial score (nSPS) is 36.4. The lowest BCUT2D eigenvalue weighted by atomic mass is 9.71. The highest BCUT2D eigenvalue weighted by molar-refractivity contribution is 5.77. The summed E-state index contributed by atoms with van der Waals surface area (Å²) < 4.78 is 5.35. The summed E-state index contributed by atoms with van der Waals surface area (Å²) in [5.41, 5.74) is 0. The third-order valence-electron chi connectivity index (χ3n) is 4.80. The van der Waals surface area contributed by atoms with Crippen molar-refractivity contribution in [3.05, 3.63) is 0 Å². The van der Waals surface area contributed by atoms with E-state index in [0.717, 1.165) is 12.8 Å². The Labute approximate surface area is 112 Å². The first-order valence-corrected chi connectivity index (χ1v) is 7.23. The summed E-state index contributed by atoms with van der Waals surface area (Å²) >= 11 is 0. The Morgan fingerprint density at radius 1 is 1.21 bits per heavy atom. The summed E-state index contributed by atoms with van der Waals surface area (Å²) in [4.78, 5) is 22.7. The zero-order chi connectivity index (χ0) is 13.4. The Balaban J connectivity index is 1.37. The van der Waals surface area contributed by atoms with Crippen LogP contribution >= 0.6 is 0 Å². The number of carbonyl (C=O) groups is 2. The van der Waals surface area contributed by atoms with Gasteiger partial charge in [-0.15, -0.1) is 0 Å². The molecule has 106 valence electrons. The third kappa shape index (κ3) is 2.91. The molecular formula is C14H21NO4. The van der Waals surface area contributed by atoms with E-state index < -0.39 is 5.97 Å². The maximum Gasteiger partial charge on any atom is 0.306 e. The van der Waals surface area contributed by atoms with Crippen molar-refractivity contribution in [3.8, 4) is 0 Å². The zero-order valence-corrected chi connectivity index (χ0v) is 11.0. The van der Waals surface area contributed by atoms with Crippen molar-refractivity contribution in [2.24, 2.45) is 23.7 Å². The molecule has 0 heterocycles. The molecule has 4 atom stereocenters. The van der Waals surface area contributed by atoms with Gasteiger partial charge in [0, 0.05) is 6.04 Å². The molecule has 3 aliphatic carbocycles. The van der Waals surface area contributed by atoms with Crippen LogP contribution in [0.25, 0.3) is 0 Å². The zero-order valence-electron chi connectivity index (χ0n) is 11.0. The number of hydrogen-bond donors (Lipinski definition) is 2. The van der Waals surface area contributed by atoms with Crippen molar-refractivity contribution in [1.82, 2.24) is 5.32 Å². The Morgan fingerprint density at radius 2 is 2.00 bits per heavy atom. The van der Waals surface area contributed by atoms with Crippen LogP contribution in [0.4, 0.5) is 0 Å². The Kier molecular flexibility index (Phi) is 3.48. The molecule has 2 N–H and O–H groups in total. The highest BCUT2D eigenvalue weighted by Crippen LogP contribution is 2.49. The number of carboxylic acid groups (broad SMARTS) is 1. The molecule has 3 aliphatic rings. The second-order valence-corrected chi connectivity index (χ2v) is 6.30. The fourth-order valence-corrected chi connectivity index (χ4v) is 3.45. The van der Waals surface area contributed by atoms with E-state index in [4.69, 9.17) is 9.84 Å². The number of rotatable bonds is 6. The van der Waals surface area contributed by atoms with Crippen LogP contribution in [0, 0.1) is 23.7 Å². The van der Waals surface area contributed by atoms with Crippen molar-refractivity contribution in [2.45, 2.75) is 38.1 Å². The maximum absolute atomic E-state index is 11.7. The average Bonchev–Trinajstić information content (AvgIpc) is 3.09. The van der Waals surface area contributed by atoms with Crippen molar-refractivity contribution < 1.29 is 19.4 Å². The first-order chi connectivity index (χ1) is 9.13. The van der Waals surface area contributed by atoms with Crippen molar-refractivity contribution >= 4 is 11.9 Å². The number of hydrogen-bond acceptors (Lipinski definition) is 3. The minimum atomic E-state index is -0.688. The van der Waals surface area contributed by atoms with Gasteiger partial charge in [-0.05, 0) is 49.9 Å². The molecule has 0 spiro atoms. The Hall–Kier alpha value is -1.10. The van der Waals surface area contributed by atoms with Gasteiger partial charge in [-0.3, -0.25) is 9.59 Å². The molecule has 0 bridgehead atoms. The van der Waals surface area contributed by atoms with Gasteiger partial charge in [-0.25, -0.2) is 0 Å². The molecule has 1 unspecified atom stereocenters. The van der Waals surface area contributed by atoms with Gasteiger partial charge in [-0.2, -0.15) is 0 Å². The van der Waals surface area contributed by atoms with Crippen LogP contribution in [-0.4, -0.2) is 36.2 Å². The largest absolute Gasteiger partial charge is 0.481 e. The molecule has 0 aromatic rings. The first-order valence-electron chi connectivity index (χ1n) is 7.23. The number of fused-ring (bicyclic) bond motifs is 1. The van der Waals surface area contributed by atoms with Gasteiger partial charge in [0.1, 0.15) is 6.61 Å². The van der Waals surface area contributed by atoms with Gasteiger partial charge < -0.3 is 15.2 Å². The monoisotopic (exact) mass is 267 g/mol. The predicted octanol–water partition coefficient (Wildman–Crippen LogP) is 1.03. The van der Waals surface area contributed by atoms with Crippen LogP contribution in [-0.2, 0) is 14.3 Å². The van der Waals surface area contributed by atoms with E-state index in [-0.39, 0.29) is 24.5 Å². The summed E-state index contributed by atoms with van der Waals surface area (Å²) in [6.07, 6.45) is 4.89. The standard InChI is InChI=1S/C14H21NO4/c16-13(7-19-6-8-1-2-8)15-12-5-9-3-10(14(17)18)4-11(9)12/h8-12H,1-7H2,(H,15,16)(H,17,18)/t9-,10?,11-,12+/m1/s1. The van der Waals surface area contributed by atoms with Gasteiger partial charge in [0.25, 0.3) is 0 Å². The number of carboxylic acids is 1. The highest BCUT2D eigenvalue weighted by Gasteiger charge is 2.49. The SMILES string of the molecule is O=C(COCC1CC1)N[C@H]1C[C@H]2CC(C(=O)O)C[C@H]21. The molecule has 5 nitrogen and oxygen atoms in total. The molecule has 3 fully saturated rings. The van der Waals surface area contributed by atoms with Crippen LogP contribution in [0.5, 0.6) is 0 Å². The minimum absolute atomic E-state index is 0.0529. The smallest absolute Gasteiger partial charge is 0.306 e. The lowest BCUT2D eigenvalue weighted by Crippen LogP contribution is -2.51. The number of nitrogens with one attached hydrogen (secondary N) is 1. The molecule has 0 aliphatic heterocycles. The number of aliphatic carboxylic acids is 1. The molecular weight excluding hydrogens is 246 g/mol. The summed E-state index contributed by atoms with van der Waals surface area (Å²) in [7, 11) is 0. The second kappa shape index (κ2) is 5.12. The van der Waals surface area contributed by atoms with E-state index in [1.807, 2.05) is 0 Å². The molecule has 0 saturated heterocycles. The predicted molar refractivity (Wildman–Crippen MR) is 67.4 cm³/mol. The molecule has 1 amide bonds.